The van der Waals surface area contributed by atoms with Gasteiger partial charge in [0.1, 0.15) is 22.8 Å². The number of carbonyl (C=O) groups excluding carboxylic acids is 3. The number of hydrogen-bond donors (Lipinski definition) is 4. The fourth-order valence-electron chi connectivity index (χ4n) is 11.0. The van der Waals surface area contributed by atoms with Crippen LogP contribution in [-0.2, 0) is 20.8 Å². The van der Waals surface area contributed by atoms with Crippen LogP contribution in [0.2, 0.25) is 0 Å². The molecule has 0 aliphatic heterocycles. The average molecular weight is 685 g/mol. The van der Waals surface area contributed by atoms with Crippen molar-refractivity contribution in [2.24, 2.45) is 34.5 Å². The molecule has 0 heterocycles. The van der Waals surface area contributed by atoms with Crippen LogP contribution < -0.4 is 0 Å². The minimum Gasteiger partial charge on any atom is -0.508 e. The van der Waals surface area contributed by atoms with Crippen LogP contribution in [0.1, 0.15) is 141 Å². The summed E-state index contributed by atoms with van der Waals surface area (Å²) in [4.78, 5) is 41.3. The number of aromatic hydroxyl groups is 1. The van der Waals surface area contributed by atoms with Gasteiger partial charge in [-0.15, -0.1) is 0 Å². The molecule has 1 aromatic carbocycles. The molecule has 6 rings (SSSR count). The molecule has 270 valence electrons. The zero-order chi connectivity index (χ0) is 36.7. The van der Waals surface area contributed by atoms with E-state index in [-0.39, 0.29) is 41.6 Å². The maximum absolute atomic E-state index is 14.8. The zero-order valence-electron chi connectivity index (χ0n) is 31.2. The summed E-state index contributed by atoms with van der Waals surface area (Å²) >= 11 is 0. The molecule has 1 unspecified atom stereocenters. The molecule has 0 aromatic heterocycles. The van der Waals surface area contributed by atoms with E-state index in [4.69, 9.17) is 0 Å². The number of fused-ring (bicyclic) bond motifs is 3. The third-order valence-electron chi connectivity index (χ3n) is 13.2. The van der Waals surface area contributed by atoms with Crippen LogP contribution in [0.15, 0.2) is 40.7 Å². The van der Waals surface area contributed by atoms with E-state index in [0.717, 1.165) is 36.0 Å². The molecular weight excluding hydrogens is 628 g/mol. The number of ketones is 3. The topological polar surface area (TPSA) is 132 Å². The molecule has 7 nitrogen and oxygen atoms in total. The summed E-state index contributed by atoms with van der Waals surface area (Å²) in [6.07, 6.45) is 14.0. The first-order chi connectivity index (χ1) is 23.4. The van der Waals surface area contributed by atoms with Gasteiger partial charge in [-0.2, -0.15) is 0 Å². The normalized spacial score (nSPS) is 32.7. The number of Topliss-reactive ketones (excluding diaryl/α,β-unsaturated/α-hetero) is 3. The van der Waals surface area contributed by atoms with Crippen molar-refractivity contribution in [3.05, 3.63) is 63.0 Å². The number of benzene rings is 1. The van der Waals surface area contributed by atoms with E-state index in [1.165, 1.54) is 44.1 Å². The first-order valence-electron chi connectivity index (χ1n) is 18.9. The van der Waals surface area contributed by atoms with Crippen molar-refractivity contribution in [2.45, 2.75) is 131 Å². The number of allylic oxidation sites excluding steroid dienone is 5. The summed E-state index contributed by atoms with van der Waals surface area (Å²) in [6.45, 7) is 14.7. The molecule has 5 aliphatic rings. The lowest BCUT2D eigenvalue weighted by Gasteiger charge is -2.60. The molecular formula is C43H56O7. The van der Waals surface area contributed by atoms with E-state index in [9.17, 15) is 34.8 Å². The van der Waals surface area contributed by atoms with Gasteiger partial charge in [-0.1, -0.05) is 91.9 Å². The number of hydrogen-bond acceptors (Lipinski definition) is 7. The fourth-order valence-corrected chi connectivity index (χ4v) is 11.0. The monoisotopic (exact) mass is 684 g/mol. The van der Waals surface area contributed by atoms with Gasteiger partial charge < -0.3 is 20.4 Å². The summed E-state index contributed by atoms with van der Waals surface area (Å²) in [5.74, 6) is -3.43. The Bertz CT molecular complexity index is 1780. The summed E-state index contributed by atoms with van der Waals surface area (Å²) in [5, 5.41) is 48.1. The van der Waals surface area contributed by atoms with Crippen LogP contribution in [0, 0.1) is 34.5 Å². The molecule has 4 N–H and O–H groups in total. The quantitative estimate of drug-likeness (QED) is 0.201. The standard InChI is InChI=1S/C43H56O7/c1-9-10-25-11-13-26(14-12-25)17-27-15-16-28(18-27)30-19-29(22(2)3)31-20-41(7)21-42(8)34(23(4)5)37(46)32(24(6)44)39(48)43(42,50)40(49)35(41)38(47)33(31)36(30)45/h15-16,19,22-23,25-26,34,45,47-48,50H,9-14,17-18,20-21H2,1-8H3/t25?,26?,34?,41-,42-,43+/m1/s1. The molecule has 50 heavy (non-hydrogen) atoms. The van der Waals surface area contributed by atoms with Crippen LogP contribution in [0.5, 0.6) is 5.75 Å². The molecule has 2 saturated carbocycles. The molecule has 0 bridgehead atoms. The van der Waals surface area contributed by atoms with Gasteiger partial charge in [0.2, 0.25) is 5.78 Å². The number of carbonyl (C=O) groups is 3. The van der Waals surface area contributed by atoms with Crippen molar-refractivity contribution in [1.29, 1.82) is 0 Å². The second kappa shape index (κ2) is 12.6. The van der Waals surface area contributed by atoms with Crippen molar-refractivity contribution < 1.29 is 34.8 Å². The SMILES string of the molecule is CCCC1CCC(CC2=CC=C(c3cc(C(C)C)c4c(c3O)C(O)=C3C(=O)[C@@]5(O)C(O)=C(C(C)=O)C(=O)C(C(C)C)[C@@]5(C)C[C@@]3(C)C4)C2)CC1. The molecule has 7 heteroatoms. The van der Waals surface area contributed by atoms with Crippen molar-refractivity contribution in [3.8, 4) is 5.75 Å². The highest BCUT2D eigenvalue weighted by Crippen LogP contribution is 2.65. The summed E-state index contributed by atoms with van der Waals surface area (Å²) in [6, 6.07) is 2.04. The Kier molecular flexibility index (Phi) is 9.19. The van der Waals surface area contributed by atoms with Crippen LogP contribution in [-0.4, -0.2) is 43.4 Å². The lowest BCUT2D eigenvalue weighted by atomic mass is 9.43. The van der Waals surface area contributed by atoms with Crippen molar-refractivity contribution in [1.82, 2.24) is 0 Å². The van der Waals surface area contributed by atoms with E-state index >= 15 is 0 Å². The Morgan fingerprint density at radius 3 is 2.20 bits per heavy atom. The number of aliphatic hydroxyl groups is 3. The molecule has 5 aliphatic carbocycles. The Morgan fingerprint density at radius 2 is 1.62 bits per heavy atom. The third kappa shape index (κ3) is 5.28. The Hall–Kier alpha value is -3.45. The minimum absolute atomic E-state index is 0.0328. The molecule has 1 aromatic rings. The maximum Gasteiger partial charge on any atom is 0.203 e. The molecule has 0 saturated heterocycles. The minimum atomic E-state index is -2.62. The Labute approximate surface area is 297 Å². The highest BCUT2D eigenvalue weighted by molar-refractivity contribution is 6.24. The summed E-state index contributed by atoms with van der Waals surface area (Å²) in [5.41, 5.74) is -0.949. The number of phenolic OH excluding ortho intramolecular Hbond substituents is 1. The van der Waals surface area contributed by atoms with Gasteiger partial charge in [-0.3, -0.25) is 14.4 Å². The van der Waals surface area contributed by atoms with E-state index < -0.39 is 56.8 Å². The van der Waals surface area contributed by atoms with Crippen molar-refractivity contribution in [2.75, 3.05) is 0 Å². The van der Waals surface area contributed by atoms with Crippen molar-refractivity contribution >= 4 is 28.7 Å². The van der Waals surface area contributed by atoms with Gasteiger partial charge in [0.05, 0.1) is 5.56 Å². The fraction of sp³-hybridized carbons (Fsp3) is 0.605. The molecule has 0 amide bonds. The summed E-state index contributed by atoms with van der Waals surface area (Å²) < 4.78 is 0. The highest BCUT2D eigenvalue weighted by atomic mass is 16.3. The second-order valence-corrected chi connectivity index (χ2v) is 17.4. The average Bonchev–Trinajstić information content (AvgIpc) is 3.47. The van der Waals surface area contributed by atoms with Crippen LogP contribution in [0.3, 0.4) is 0 Å². The van der Waals surface area contributed by atoms with Crippen LogP contribution in [0.25, 0.3) is 11.3 Å². The maximum atomic E-state index is 14.8. The number of phenols is 1. The van der Waals surface area contributed by atoms with Gasteiger partial charge in [0.25, 0.3) is 0 Å². The molecule has 0 radical (unpaired) electrons. The van der Waals surface area contributed by atoms with E-state index in [2.05, 4.69) is 32.9 Å². The molecule has 4 atom stereocenters. The van der Waals surface area contributed by atoms with Gasteiger partial charge >= 0.3 is 0 Å². The van der Waals surface area contributed by atoms with Crippen LogP contribution >= 0.6 is 0 Å². The molecule has 2 fully saturated rings. The lowest BCUT2D eigenvalue weighted by molar-refractivity contribution is -0.178. The first-order valence-corrected chi connectivity index (χ1v) is 18.9. The van der Waals surface area contributed by atoms with E-state index in [1.807, 2.05) is 26.8 Å². The third-order valence-corrected chi connectivity index (χ3v) is 13.2. The Balaban J connectivity index is 1.42. The highest BCUT2D eigenvalue weighted by Gasteiger charge is 2.72. The number of aliphatic hydroxyl groups excluding tert-OH is 2. The van der Waals surface area contributed by atoms with E-state index in [1.54, 1.807) is 6.92 Å². The largest absolute Gasteiger partial charge is 0.508 e. The predicted molar refractivity (Wildman–Crippen MR) is 196 cm³/mol. The number of rotatable bonds is 8. The summed E-state index contributed by atoms with van der Waals surface area (Å²) in [7, 11) is 0. The van der Waals surface area contributed by atoms with Crippen molar-refractivity contribution in [3.63, 3.8) is 0 Å². The second-order valence-electron chi connectivity index (χ2n) is 17.4. The molecule has 0 spiro atoms. The van der Waals surface area contributed by atoms with Gasteiger partial charge in [0, 0.05) is 27.9 Å². The smallest absolute Gasteiger partial charge is 0.203 e. The van der Waals surface area contributed by atoms with Gasteiger partial charge in [0.15, 0.2) is 17.2 Å². The lowest BCUT2D eigenvalue weighted by Crippen LogP contribution is -2.69. The first kappa shape index (κ1) is 36.3. The van der Waals surface area contributed by atoms with Gasteiger partial charge in [-0.05, 0) is 91.9 Å². The predicted octanol–water partition coefficient (Wildman–Crippen LogP) is 9.02. The van der Waals surface area contributed by atoms with Crippen LogP contribution in [0.4, 0.5) is 0 Å². The van der Waals surface area contributed by atoms with E-state index in [0.29, 0.717) is 17.9 Å². The zero-order valence-corrected chi connectivity index (χ0v) is 31.2. The Morgan fingerprint density at radius 1 is 0.980 bits per heavy atom. The van der Waals surface area contributed by atoms with Gasteiger partial charge in [-0.25, -0.2) is 0 Å².